The van der Waals surface area contributed by atoms with Crippen molar-refractivity contribution >= 4 is 28.3 Å². The molecule has 0 unspecified atom stereocenters. The minimum Gasteiger partial charge on any atom is -0.350 e. The quantitative estimate of drug-likeness (QED) is 0.781. The Morgan fingerprint density at radius 1 is 0.963 bits per heavy atom. The second-order valence-corrected chi connectivity index (χ2v) is 9.99. The number of benzene rings is 1. The molecule has 5 nitrogen and oxygen atoms in total. The van der Waals surface area contributed by atoms with Gasteiger partial charge in [-0.2, -0.15) is 0 Å². The molecule has 0 aromatic heterocycles. The van der Waals surface area contributed by atoms with Gasteiger partial charge in [0.1, 0.15) is 17.3 Å². The summed E-state index contributed by atoms with van der Waals surface area (Å²) in [4.78, 5) is 24.4. The highest BCUT2D eigenvalue weighted by Crippen LogP contribution is 2.55. The second kappa shape index (κ2) is 7.34. The number of nitrogens with one attached hydrogen (secondary N) is 2. The van der Waals surface area contributed by atoms with E-state index in [1.54, 1.807) is 0 Å². The number of rotatable bonds is 6. The van der Waals surface area contributed by atoms with Crippen LogP contribution in [0.3, 0.4) is 0 Å². The average molecular weight is 392 g/mol. The highest BCUT2D eigenvalue weighted by Gasteiger charge is 2.51. The molecule has 7 heteroatoms. The minimum absolute atomic E-state index is 0.105. The predicted molar refractivity (Wildman–Crippen MR) is 102 cm³/mol. The number of carbonyl (C=O) groups excluding carboxylic acids is 2. The normalized spacial score (nSPS) is 32.1. The Morgan fingerprint density at radius 3 is 2.04 bits per heavy atom. The van der Waals surface area contributed by atoms with Crippen molar-refractivity contribution < 1.29 is 18.2 Å². The van der Waals surface area contributed by atoms with Crippen LogP contribution in [0.25, 0.3) is 0 Å². The van der Waals surface area contributed by atoms with Crippen molar-refractivity contribution in [1.82, 2.24) is 5.32 Å². The molecule has 1 aromatic rings. The van der Waals surface area contributed by atoms with E-state index in [9.17, 15) is 18.2 Å². The first-order valence-electron chi connectivity index (χ1n) is 9.60. The van der Waals surface area contributed by atoms with E-state index in [0.717, 1.165) is 37.0 Å². The van der Waals surface area contributed by atoms with Gasteiger partial charge in [0, 0.05) is 22.0 Å². The molecule has 0 radical (unpaired) electrons. The molecule has 4 aliphatic rings. The van der Waals surface area contributed by atoms with E-state index in [2.05, 4.69) is 10.6 Å². The SMILES string of the molecule is O=C(C[S@](=O)CC(=O)NC12CC3CC(CC(C3)C1)C2)Nc1ccc(F)cc1. The van der Waals surface area contributed by atoms with Crippen molar-refractivity contribution in [2.75, 3.05) is 16.8 Å². The first-order chi connectivity index (χ1) is 12.9. The van der Waals surface area contributed by atoms with Crippen LogP contribution >= 0.6 is 0 Å². The molecule has 2 amide bonds. The Balaban J connectivity index is 1.26. The number of halogens is 1. The number of carbonyl (C=O) groups is 2. The van der Waals surface area contributed by atoms with Crippen LogP contribution < -0.4 is 10.6 Å². The highest BCUT2D eigenvalue weighted by molar-refractivity contribution is 7.86. The van der Waals surface area contributed by atoms with Gasteiger partial charge in [0.25, 0.3) is 0 Å². The van der Waals surface area contributed by atoms with E-state index in [4.69, 9.17) is 0 Å². The van der Waals surface area contributed by atoms with Crippen LogP contribution in [-0.4, -0.2) is 33.1 Å². The lowest BCUT2D eigenvalue weighted by molar-refractivity contribution is -0.124. The molecule has 4 fully saturated rings. The van der Waals surface area contributed by atoms with Crippen molar-refractivity contribution in [1.29, 1.82) is 0 Å². The summed E-state index contributed by atoms with van der Waals surface area (Å²) in [6, 6.07) is 5.36. The van der Waals surface area contributed by atoms with Gasteiger partial charge in [0.05, 0.1) is 0 Å². The van der Waals surface area contributed by atoms with Gasteiger partial charge < -0.3 is 10.6 Å². The molecular formula is C20H25FN2O3S. The summed E-state index contributed by atoms with van der Waals surface area (Å²) in [5, 5.41) is 5.75. The maximum absolute atomic E-state index is 12.9. The third kappa shape index (κ3) is 4.39. The Bertz CT molecular complexity index is 730. The van der Waals surface area contributed by atoms with E-state index in [1.165, 1.54) is 43.5 Å². The summed E-state index contributed by atoms with van der Waals surface area (Å²) in [5.74, 6) is 0.727. The topological polar surface area (TPSA) is 75.3 Å². The molecule has 4 saturated carbocycles. The van der Waals surface area contributed by atoms with Crippen LogP contribution in [0.5, 0.6) is 0 Å². The van der Waals surface area contributed by atoms with E-state index in [1.807, 2.05) is 0 Å². The fourth-order valence-electron chi connectivity index (χ4n) is 5.67. The molecular weight excluding hydrogens is 367 g/mol. The van der Waals surface area contributed by atoms with Gasteiger partial charge in [-0.1, -0.05) is 0 Å². The zero-order chi connectivity index (χ0) is 19.0. The largest absolute Gasteiger partial charge is 0.350 e. The zero-order valence-electron chi connectivity index (χ0n) is 15.2. The molecule has 4 aliphatic carbocycles. The smallest absolute Gasteiger partial charge is 0.237 e. The lowest BCUT2D eigenvalue weighted by Gasteiger charge is -2.56. The van der Waals surface area contributed by atoms with Gasteiger partial charge in [-0.05, 0) is 80.5 Å². The number of hydrogen-bond acceptors (Lipinski definition) is 3. The average Bonchev–Trinajstić information content (AvgIpc) is 2.54. The Kier molecular flexibility index (Phi) is 5.05. The summed E-state index contributed by atoms with van der Waals surface area (Å²) >= 11 is 0. The van der Waals surface area contributed by atoms with Gasteiger partial charge in [-0.15, -0.1) is 0 Å². The summed E-state index contributed by atoms with van der Waals surface area (Å²) in [6.45, 7) is 0. The number of anilines is 1. The van der Waals surface area contributed by atoms with E-state index in [-0.39, 0.29) is 23.0 Å². The molecule has 4 bridgehead atoms. The summed E-state index contributed by atoms with van der Waals surface area (Å²) in [5.41, 5.74) is 0.336. The van der Waals surface area contributed by atoms with E-state index < -0.39 is 22.5 Å². The van der Waals surface area contributed by atoms with Crippen LogP contribution in [-0.2, 0) is 20.4 Å². The minimum atomic E-state index is -1.57. The van der Waals surface area contributed by atoms with Crippen LogP contribution in [0, 0.1) is 23.6 Å². The monoisotopic (exact) mass is 392 g/mol. The molecule has 1 atom stereocenters. The fraction of sp³-hybridized carbons (Fsp3) is 0.600. The third-order valence-corrected chi connectivity index (χ3v) is 7.32. The maximum Gasteiger partial charge on any atom is 0.237 e. The predicted octanol–water partition coefficient (Wildman–Crippen LogP) is 2.60. The highest BCUT2D eigenvalue weighted by atomic mass is 32.2. The van der Waals surface area contributed by atoms with Crippen molar-refractivity contribution in [2.45, 2.75) is 44.1 Å². The molecule has 2 N–H and O–H groups in total. The molecule has 1 aromatic carbocycles. The van der Waals surface area contributed by atoms with Gasteiger partial charge >= 0.3 is 0 Å². The van der Waals surface area contributed by atoms with Crippen LogP contribution in [0.15, 0.2) is 24.3 Å². The molecule has 0 heterocycles. The van der Waals surface area contributed by atoms with E-state index in [0.29, 0.717) is 5.69 Å². The van der Waals surface area contributed by atoms with Gasteiger partial charge in [0.2, 0.25) is 11.8 Å². The van der Waals surface area contributed by atoms with Crippen LogP contribution in [0.1, 0.15) is 38.5 Å². The molecule has 146 valence electrons. The van der Waals surface area contributed by atoms with Crippen LogP contribution in [0.2, 0.25) is 0 Å². The Hall–Kier alpha value is -1.76. The summed E-state index contributed by atoms with van der Waals surface area (Å²) in [6.07, 6.45) is 7.02. The summed E-state index contributed by atoms with van der Waals surface area (Å²) < 4.78 is 25.1. The van der Waals surface area contributed by atoms with Crippen molar-refractivity contribution in [3.8, 4) is 0 Å². The van der Waals surface area contributed by atoms with Gasteiger partial charge in [0.15, 0.2) is 0 Å². The lowest BCUT2D eigenvalue weighted by atomic mass is 9.53. The Morgan fingerprint density at radius 2 is 1.48 bits per heavy atom. The van der Waals surface area contributed by atoms with Crippen molar-refractivity contribution in [2.24, 2.45) is 17.8 Å². The first-order valence-corrected chi connectivity index (χ1v) is 11.1. The van der Waals surface area contributed by atoms with E-state index >= 15 is 0 Å². The first kappa shape index (κ1) is 18.6. The molecule has 0 aliphatic heterocycles. The maximum atomic E-state index is 12.9. The molecule has 0 saturated heterocycles. The Labute approximate surface area is 160 Å². The number of amides is 2. The molecule has 5 rings (SSSR count). The molecule has 0 spiro atoms. The zero-order valence-corrected chi connectivity index (χ0v) is 16.0. The lowest BCUT2D eigenvalue weighted by Crippen LogP contribution is -2.60. The standard InChI is InChI=1S/C20H25FN2O3S/c21-16-1-3-17(4-2-16)22-18(24)11-27(26)12-19(25)23-20-8-13-5-14(9-20)7-15(6-13)10-20/h1-4,13-15H,5-12H2,(H,22,24)(H,23,25)/t13?,14?,15?,20?,27-/m0/s1. The van der Waals surface area contributed by atoms with Gasteiger partial charge in [-0.25, -0.2) is 4.39 Å². The van der Waals surface area contributed by atoms with Gasteiger partial charge in [-0.3, -0.25) is 13.8 Å². The molecule has 27 heavy (non-hydrogen) atoms. The van der Waals surface area contributed by atoms with Crippen LogP contribution in [0.4, 0.5) is 10.1 Å². The second-order valence-electron chi connectivity index (χ2n) is 8.53. The number of hydrogen-bond donors (Lipinski definition) is 2. The third-order valence-electron chi connectivity index (χ3n) is 6.15. The summed E-state index contributed by atoms with van der Waals surface area (Å²) in [7, 11) is -1.57. The fourth-order valence-corrected chi connectivity index (χ4v) is 6.50. The van der Waals surface area contributed by atoms with Crippen molar-refractivity contribution in [3.05, 3.63) is 30.1 Å². The van der Waals surface area contributed by atoms with Crippen molar-refractivity contribution in [3.63, 3.8) is 0 Å².